The fraction of sp³-hybridized carbons (Fsp3) is 0. The molecule has 0 unspecified atom stereocenters. The van der Waals surface area contributed by atoms with Crippen molar-refractivity contribution < 1.29 is 14.7 Å². The molecule has 0 radical (unpaired) electrons. The van der Waals surface area contributed by atoms with Crippen molar-refractivity contribution in [2.75, 3.05) is 5.32 Å². The van der Waals surface area contributed by atoms with Crippen LogP contribution in [0.2, 0.25) is 0 Å². The minimum absolute atomic E-state index is 0.158. The first-order valence-corrected chi connectivity index (χ1v) is 5.29. The number of carboxylic acid groups (broad SMARTS) is 1. The van der Waals surface area contributed by atoms with E-state index in [1.54, 1.807) is 18.2 Å². The van der Waals surface area contributed by atoms with E-state index in [2.05, 4.69) is 15.3 Å². The van der Waals surface area contributed by atoms with Gasteiger partial charge in [-0.2, -0.15) is 0 Å². The predicted molar refractivity (Wildman–Crippen MR) is 67.6 cm³/mol. The molecule has 0 saturated heterocycles. The lowest BCUT2D eigenvalue weighted by molar-refractivity contribution is 0.0995. The maximum atomic E-state index is 11.0. The van der Waals surface area contributed by atoms with Crippen LogP contribution in [0.25, 0.3) is 11.3 Å². The number of carbonyl (C=O) groups excluding carboxylic acids is 1. The molecule has 19 heavy (non-hydrogen) atoms. The first-order chi connectivity index (χ1) is 9.06. The predicted octanol–water partition coefficient (Wildman–Crippen LogP) is 1.33. The van der Waals surface area contributed by atoms with Crippen LogP contribution in [-0.2, 0) is 0 Å². The van der Waals surface area contributed by atoms with Crippen LogP contribution < -0.4 is 11.1 Å². The molecule has 2 aromatic rings. The van der Waals surface area contributed by atoms with Crippen molar-refractivity contribution in [1.29, 1.82) is 0 Å². The van der Waals surface area contributed by atoms with Crippen molar-refractivity contribution in [2.24, 2.45) is 5.73 Å². The topological polar surface area (TPSA) is 118 Å². The highest BCUT2D eigenvalue weighted by Gasteiger charge is 2.06. The Kier molecular flexibility index (Phi) is 3.37. The van der Waals surface area contributed by atoms with Gasteiger partial charge in [0.05, 0.1) is 5.69 Å². The Morgan fingerprint density at radius 2 is 2.00 bits per heavy atom. The number of hydrogen-bond acceptors (Lipinski definition) is 4. The summed E-state index contributed by atoms with van der Waals surface area (Å²) in [6.07, 6.45) is 0.271. The zero-order valence-electron chi connectivity index (χ0n) is 9.70. The summed E-state index contributed by atoms with van der Waals surface area (Å²) in [4.78, 5) is 29.5. The van der Waals surface area contributed by atoms with Crippen LogP contribution in [0.4, 0.5) is 10.6 Å². The summed E-state index contributed by atoms with van der Waals surface area (Å²) in [5.41, 5.74) is 6.49. The molecule has 0 aliphatic carbocycles. The van der Waals surface area contributed by atoms with Gasteiger partial charge in [-0.1, -0.05) is 6.07 Å². The summed E-state index contributed by atoms with van der Waals surface area (Å²) in [7, 11) is 0. The lowest BCUT2D eigenvalue weighted by Gasteiger charge is -2.04. The summed E-state index contributed by atoms with van der Waals surface area (Å²) in [5, 5.41) is 10.7. The monoisotopic (exact) mass is 258 g/mol. The zero-order chi connectivity index (χ0) is 13.8. The largest absolute Gasteiger partial charge is 0.465 e. The molecule has 0 aliphatic heterocycles. The minimum Gasteiger partial charge on any atom is -0.465 e. The molecule has 2 amide bonds. The van der Waals surface area contributed by atoms with E-state index in [0.717, 1.165) is 0 Å². The second-order valence-corrected chi connectivity index (χ2v) is 3.63. The first-order valence-electron chi connectivity index (χ1n) is 5.29. The van der Waals surface area contributed by atoms with Crippen LogP contribution in [-0.4, -0.2) is 27.1 Å². The summed E-state index contributed by atoms with van der Waals surface area (Å²) in [5.74, 6) is -0.402. The number of nitrogens with zero attached hydrogens (tertiary/aromatic N) is 2. The fourth-order valence-corrected chi connectivity index (χ4v) is 1.46. The van der Waals surface area contributed by atoms with E-state index >= 15 is 0 Å². The standard InChI is InChI=1S/C12H10N4O3/c13-11(17)9-3-1-2-8(15-9)7-4-5-10(14-6-7)16-12(18)19/h1-6H,(H2,13,17)(H,14,16)(H,18,19). The molecule has 7 nitrogen and oxygen atoms in total. The van der Waals surface area contributed by atoms with Crippen molar-refractivity contribution in [2.45, 2.75) is 0 Å². The number of pyridine rings is 2. The SMILES string of the molecule is NC(=O)c1cccc(-c2ccc(NC(=O)O)nc2)n1. The molecular formula is C12H10N4O3. The van der Waals surface area contributed by atoms with Gasteiger partial charge in [0.2, 0.25) is 0 Å². The molecule has 0 spiro atoms. The number of nitrogens with two attached hydrogens (primary N) is 1. The van der Waals surface area contributed by atoms with Gasteiger partial charge in [-0.25, -0.2) is 14.8 Å². The maximum Gasteiger partial charge on any atom is 0.410 e. The van der Waals surface area contributed by atoms with Crippen LogP contribution in [0.1, 0.15) is 10.5 Å². The molecule has 2 aromatic heterocycles. The number of primary amides is 1. The average molecular weight is 258 g/mol. The molecule has 0 saturated carbocycles. The maximum absolute atomic E-state index is 11.0. The number of aromatic nitrogens is 2. The lowest BCUT2D eigenvalue weighted by Crippen LogP contribution is -2.13. The van der Waals surface area contributed by atoms with Crippen molar-refractivity contribution >= 4 is 17.8 Å². The quantitative estimate of drug-likeness (QED) is 0.767. The summed E-state index contributed by atoms with van der Waals surface area (Å²) < 4.78 is 0. The van der Waals surface area contributed by atoms with Gasteiger partial charge in [0, 0.05) is 11.8 Å². The molecule has 0 aromatic carbocycles. The van der Waals surface area contributed by atoms with E-state index in [4.69, 9.17) is 10.8 Å². The van der Waals surface area contributed by atoms with E-state index in [1.165, 1.54) is 18.3 Å². The Morgan fingerprint density at radius 3 is 2.58 bits per heavy atom. The van der Waals surface area contributed by atoms with E-state index < -0.39 is 12.0 Å². The third-order valence-electron chi connectivity index (χ3n) is 2.30. The van der Waals surface area contributed by atoms with E-state index in [1.807, 2.05) is 0 Å². The van der Waals surface area contributed by atoms with Gasteiger partial charge >= 0.3 is 6.09 Å². The van der Waals surface area contributed by atoms with E-state index in [-0.39, 0.29) is 11.5 Å². The fourth-order valence-electron chi connectivity index (χ4n) is 1.46. The highest BCUT2D eigenvalue weighted by Crippen LogP contribution is 2.17. The van der Waals surface area contributed by atoms with Crippen molar-refractivity contribution in [3.8, 4) is 11.3 Å². The van der Waals surface area contributed by atoms with Crippen LogP contribution in [0.5, 0.6) is 0 Å². The molecular weight excluding hydrogens is 248 g/mol. The summed E-state index contributed by atoms with van der Waals surface area (Å²) in [6.45, 7) is 0. The molecule has 4 N–H and O–H groups in total. The van der Waals surface area contributed by atoms with Gasteiger partial charge in [0.1, 0.15) is 11.5 Å². The van der Waals surface area contributed by atoms with Gasteiger partial charge in [-0.15, -0.1) is 0 Å². The number of amides is 2. The van der Waals surface area contributed by atoms with E-state index in [0.29, 0.717) is 11.3 Å². The van der Waals surface area contributed by atoms with Crippen molar-refractivity contribution in [3.63, 3.8) is 0 Å². The Balaban J connectivity index is 2.29. The first kappa shape index (κ1) is 12.5. The molecule has 0 aliphatic rings. The van der Waals surface area contributed by atoms with Crippen molar-refractivity contribution in [3.05, 3.63) is 42.2 Å². The number of hydrogen-bond donors (Lipinski definition) is 3. The molecule has 0 bridgehead atoms. The van der Waals surface area contributed by atoms with Gasteiger partial charge in [0.25, 0.3) is 5.91 Å². The summed E-state index contributed by atoms with van der Waals surface area (Å²) >= 11 is 0. The number of nitrogens with one attached hydrogen (secondary N) is 1. The van der Waals surface area contributed by atoms with Gasteiger partial charge in [-0.05, 0) is 24.3 Å². The smallest absolute Gasteiger partial charge is 0.410 e. The average Bonchev–Trinajstić information content (AvgIpc) is 2.39. The molecule has 0 fully saturated rings. The Bertz CT molecular complexity index is 625. The third kappa shape index (κ3) is 3.03. The van der Waals surface area contributed by atoms with Crippen LogP contribution in [0.15, 0.2) is 36.5 Å². The van der Waals surface area contributed by atoms with Gasteiger partial charge < -0.3 is 10.8 Å². The normalized spacial score (nSPS) is 9.89. The highest BCUT2D eigenvalue weighted by atomic mass is 16.4. The molecule has 0 atom stereocenters. The van der Waals surface area contributed by atoms with Crippen molar-refractivity contribution in [1.82, 2.24) is 9.97 Å². The molecule has 2 rings (SSSR count). The van der Waals surface area contributed by atoms with Crippen LogP contribution in [0.3, 0.4) is 0 Å². The van der Waals surface area contributed by atoms with Gasteiger partial charge in [-0.3, -0.25) is 10.1 Å². The van der Waals surface area contributed by atoms with Crippen LogP contribution >= 0.6 is 0 Å². The second kappa shape index (κ2) is 5.13. The zero-order valence-corrected chi connectivity index (χ0v) is 9.70. The van der Waals surface area contributed by atoms with E-state index in [9.17, 15) is 9.59 Å². The number of rotatable bonds is 3. The summed E-state index contributed by atoms with van der Waals surface area (Å²) in [6, 6.07) is 8.02. The molecule has 2 heterocycles. The Morgan fingerprint density at radius 1 is 1.21 bits per heavy atom. The minimum atomic E-state index is -1.19. The van der Waals surface area contributed by atoms with Crippen LogP contribution in [0, 0.1) is 0 Å². The molecule has 96 valence electrons. The second-order valence-electron chi connectivity index (χ2n) is 3.63. The Labute approximate surface area is 108 Å². The third-order valence-corrected chi connectivity index (χ3v) is 2.30. The number of carbonyl (C=O) groups is 2. The Hall–Kier alpha value is -2.96. The highest BCUT2D eigenvalue weighted by molar-refractivity contribution is 5.91. The molecule has 7 heteroatoms. The lowest BCUT2D eigenvalue weighted by atomic mass is 10.2. The van der Waals surface area contributed by atoms with Gasteiger partial charge in [0.15, 0.2) is 0 Å². The number of anilines is 1.